The predicted octanol–water partition coefficient (Wildman–Crippen LogP) is 3.14. The molecule has 0 aliphatic carbocycles. The van der Waals surface area contributed by atoms with Gasteiger partial charge in [-0.05, 0) is 55.3 Å². The molecule has 1 amide bonds. The second kappa shape index (κ2) is 8.42. The Morgan fingerprint density at radius 2 is 1.77 bits per heavy atom. The van der Waals surface area contributed by atoms with E-state index in [0.29, 0.717) is 6.61 Å². The third-order valence-corrected chi connectivity index (χ3v) is 4.30. The number of ether oxygens (including phenoxy) is 1. The summed E-state index contributed by atoms with van der Waals surface area (Å²) >= 11 is 6.04. The SMILES string of the molecule is Cc1cc(C)cc(OCCNC(=O)c2cc(NS(C)(=O)=O)ccc2Cl)c1. The van der Waals surface area contributed by atoms with E-state index in [9.17, 15) is 13.2 Å². The van der Waals surface area contributed by atoms with Crippen molar-refractivity contribution in [2.45, 2.75) is 13.8 Å². The minimum Gasteiger partial charge on any atom is -0.492 e. The van der Waals surface area contributed by atoms with Gasteiger partial charge in [-0.15, -0.1) is 0 Å². The molecule has 0 radical (unpaired) electrons. The summed E-state index contributed by atoms with van der Waals surface area (Å²) in [6, 6.07) is 10.2. The van der Waals surface area contributed by atoms with Gasteiger partial charge in [0.1, 0.15) is 12.4 Å². The largest absolute Gasteiger partial charge is 0.492 e. The van der Waals surface area contributed by atoms with Crippen molar-refractivity contribution in [2.24, 2.45) is 0 Å². The van der Waals surface area contributed by atoms with Crippen LogP contribution < -0.4 is 14.8 Å². The first kappa shape index (κ1) is 20.1. The number of aryl methyl sites for hydroxylation is 2. The van der Waals surface area contributed by atoms with Crippen LogP contribution in [0.3, 0.4) is 0 Å². The fraction of sp³-hybridized carbons (Fsp3) is 0.278. The third-order valence-electron chi connectivity index (χ3n) is 3.37. The highest BCUT2D eigenvalue weighted by Crippen LogP contribution is 2.21. The lowest BCUT2D eigenvalue weighted by atomic mass is 10.1. The second-order valence-electron chi connectivity index (χ2n) is 6.00. The molecule has 8 heteroatoms. The first-order chi connectivity index (χ1) is 12.1. The monoisotopic (exact) mass is 396 g/mol. The summed E-state index contributed by atoms with van der Waals surface area (Å²) in [7, 11) is -3.44. The predicted molar refractivity (Wildman–Crippen MR) is 104 cm³/mol. The maximum Gasteiger partial charge on any atom is 0.252 e. The molecule has 26 heavy (non-hydrogen) atoms. The number of hydrogen-bond donors (Lipinski definition) is 2. The van der Waals surface area contributed by atoms with E-state index in [1.165, 1.54) is 18.2 Å². The summed E-state index contributed by atoms with van der Waals surface area (Å²) in [5, 5.41) is 2.94. The van der Waals surface area contributed by atoms with E-state index in [2.05, 4.69) is 10.0 Å². The molecular weight excluding hydrogens is 376 g/mol. The van der Waals surface area contributed by atoms with Crippen LogP contribution in [0.15, 0.2) is 36.4 Å². The summed E-state index contributed by atoms with van der Waals surface area (Å²) in [4.78, 5) is 12.3. The Kier molecular flexibility index (Phi) is 6.50. The molecule has 0 unspecified atom stereocenters. The lowest BCUT2D eigenvalue weighted by molar-refractivity contribution is 0.0947. The van der Waals surface area contributed by atoms with Gasteiger partial charge in [0, 0.05) is 5.69 Å². The molecule has 0 saturated heterocycles. The first-order valence-corrected chi connectivity index (χ1v) is 10.2. The standard InChI is InChI=1S/C18H21ClN2O4S/c1-12-8-13(2)10-15(9-12)25-7-6-20-18(22)16-11-14(4-5-17(16)19)21-26(3,23)24/h4-5,8-11,21H,6-7H2,1-3H3,(H,20,22). The molecule has 2 rings (SSSR count). The average Bonchev–Trinajstić information content (AvgIpc) is 2.51. The fourth-order valence-electron chi connectivity index (χ4n) is 2.42. The van der Waals surface area contributed by atoms with Crippen molar-refractivity contribution in [1.82, 2.24) is 5.32 Å². The molecule has 0 atom stereocenters. The van der Waals surface area contributed by atoms with E-state index in [-0.39, 0.29) is 22.8 Å². The van der Waals surface area contributed by atoms with Gasteiger partial charge in [-0.2, -0.15) is 0 Å². The normalized spacial score (nSPS) is 11.1. The molecule has 0 aromatic heterocycles. The molecule has 0 aliphatic rings. The highest BCUT2D eigenvalue weighted by Gasteiger charge is 2.12. The summed E-state index contributed by atoms with van der Waals surface area (Å²) in [6.07, 6.45) is 1.03. The first-order valence-electron chi connectivity index (χ1n) is 7.91. The van der Waals surface area contributed by atoms with Crippen LogP contribution in [-0.2, 0) is 10.0 Å². The van der Waals surface area contributed by atoms with Gasteiger partial charge in [-0.25, -0.2) is 8.42 Å². The van der Waals surface area contributed by atoms with Crippen molar-refractivity contribution in [3.8, 4) is 5.75 Å². The van der Waals surface area contributed by atoms with Gasteiger partial charge < -0.3 is 10.1 Å². The fourth-order valence-corrected chi connectivity index (χ4v) is 3.18. The zero-order chi connectivity index (χ0) is 19.3. The number of rotatable bonds is 7. The number of sulfonamides is 1. The van der Waals surface area contributed by atoms with Gasteiger partial charge in [-0.3, -0.25) is 9.52 Å². The zero-order valence-corrected chi connectivity index (χ0v) is 16.4. The summed E-state index contributed by atoms with van der Waals surface area (Å²) in [5.41, 5.74) is 2.66. The van der Waals surface area contributed by atoms with Gasteiger partial charge in [0.05, 0.1) is 23.4 Å². The van der Waals surface area contributed by atoms with Crippen LogP contribution in [0, 0.1) is 13.8 Å². The molecule has 0 bridgehead atoms. The number of carbonyl (C=O) groups excluding carboxylic acids is 1. The quantitative estimate of drug-likeness (QED) is 0.704. The van der Waals surface area contributed by atoms with Crippen LogP contribution >= 0.6 is 11.6 Å². The maximum absolute atomic E-state index is 12.3. The molecule has 2 aromatic rings. The smallest absolute Gasteiger partial charge is 0.252 e. The lowest BCUT2D eigenvalue weighted by Crippen LogP contribution is -2.28. The van der Waals surface area contributed by atoms with E-state index >= 15 is 0 Å². The van der Waals surface area contributed by atoms with Gasteiger partial charge in [-0.1, -0.05) is 17.7 Å². The van der Waals surface area contributed by atoms with Crippen molar-refractivity contribution >= 4 is 33.2 Å². The van der Waals surface area contributed by atoms with Crippen LogP contribution in [0.1, 0.15) is 21.5 Å². The molecule has 2 N–H and O–H groups in total. The number of hydrogen-bond acceptors (Lipinski definition) is 4. The molecule has 140 valence electrons. The van der Waals surface area contributed by atoms with Gasteiger partial charge in [0.2, 0.25) is 10.0 Å². The number of benzene rings is 2. The Bertz CT molecular complexity index is 893. The van der Waals surface area contributed by atoms with Crippen LogP contribution in [0.25, 0.3) is 0 Å². The number of anilines is 1. The molecule has 6 nitrogen and oxygen atoms in total. The molecule has 0 fully saturated rings. The molecule has 2 aromatic carbocycles. The highest BCUT2D eigenvalue weighted by atomic mass is 35.5. The summed E-state index contributed by atoms with van der Waals surface area (Å²) < 4.78 is 30.5. The van der Waals surface area contributed by atoms with E-state index in [1.807, 2.05) is 32.0 Å². The van der Waals surface area contributed by atoms with Crippen LogP contribution in [0.2, 0.25) is 5.02 Å². The van der Waals surface area contributed by atoms with Crippen molar-refractivity contribution in [2.75, 3.05) is 24.1 Å². The number of nitrogens with one attached hydrogen (secondary N) is 2. The topological polar surface area (TPSA) is 84.5 Å². The third kappa shape index (κ3) is 6.24. The minimum atomic E-state index is -3.44. The number of halogens is 1. The van der Waals surface area contributed by atoms with Crippen molar-refractivity contribution in [3.05, 3.63) is 58.1 Å². The molecule has 0 saturated carbocycles. The van der Waals surface area contributed by atoms with E-state index in [4.69, 9.17) is 16.3 Å². The lowest BCUT2D eigenvalue weighted by Gasteiger charge is -2.11. The average molecular weight is 397 g/mol. The van der Waals surface area contributed by atoms with Crippen LogP contribution in [0.4, 0.5) is 5.69 Å². The Labute approximate surface area is 158 Å². The second-order valence-corrected chi connectivity index (χ2v) is 8.15. The minimum absolute atomic E-state index is 0.187. The molecule has 0 heterocycles. The van der Waals surface area contributed by atoms with Crippen molar-refractivity contribution < 1.29 is 17.9 Å². The highest BCUT2D eigenvalue weighted by molar-refractivity contribution is 7.92. The number of amides is 1. The summed E-state index contributed by atoms with van der Waals surface area (Å²) in [6.45, 7) is 4.56. The van der Waals surface area contributed by atoms with E-state index in [1.54, 1.807) is 0 Å². The molecule has 0 spiro atoms. The van der Waals surface area contributed by atoms with Gasteiger partial charge >= 0.3 is 0 Å². The molecule has 0 aliphatic heterocycles. The Balaban J connectivity index is 1.94. The summed E-state index contributed by atoms with van der Waals surface area (Å²) in [5.74, 6) is 0.338. The zero-order valence-electron chi connectivity index (χ0n) is 14.8. The van der Waals surface area contributed by atoms with Crippen LogP contribution in [-0.4, -0.2) is 33.7 Å². The van der Waals surface area contributed by atoms with Crippen LogP contribution in [0.5, 0.6) is 5.75 Å². The van der Waals surface area contributed by atoms with Gasteiger partial charge in [0.25, 0.3) is 5.91 Å². The van der Waals surface area contributed by atoms with E-state index in [0.717, 1.165) is 23.1 Å². The van der Waals surface area contributed by atoms with Crippen molar-refractivity contribution in [3.63, 3.8) is 0 Å². The van der Waals surface area contributed by atoms with E-state index < -0.39 is 15.9 Å². The van der Waals surface area contributed by atoms with Gasteiger partial charge in [0.15, 0.2) is 0 Å². The Morgan fingerprint density at radius 3 is 2.38 bits per heavy atom. The number of carbonyl (C=O) groups is 1. The Morgan fingerprint density at radius 1 is 1.12 bits per heavy atom. The van der Waals surface area contributed by atoms with Crippen molar-refractivity contribution in [1.29, 1.82) is 0 Å². The molecular formula is C18H21ClN2O4S. The maximum atomic E-state index is 12.3. The Hall–Kier alpha value is -2.25.